The molecule has 3 aromatic heterocycles. The Morgan fingerprint density at radius 3 is 2.84 bits per heavy atom. The number of fused-ring (bicyclic) bond motifs is 2. The summed E-state index contributed by atoms with van der Waals surface area (Å²) in [4.78, 5) is 33.2. The number of aromatic amines is 1. The molecule has 1 atom stereocenters. The highest BCUT2D eigenvalue weighted by Crippen LogP contribution is 2.43. The summed E-state index contributed by atoms with van der Waals surface area (Å²) < 4.78 is 0. The third kappa shape index (κ3) is 4.34. The van der Waals surface area contributed by atoms with E-state index in [0.717, 1.165) is 71.0 Å². The van der Waals surface area contributed by atoms with E-state index in [1.807, 2.05) is 6.07 Å². The number of rotatable bonds is 5. The first kappa shape index (κ1) is 23.9. The van der Waals surface area contributed by atoms with Gasteiger partial charge in [-0.25, -0.2) is 9.97 Å². The van der Waals surface area contributed by atoms with E-state index >= 15 is 0 Å². The lowest BCUT2D eigenvalue weighted by molar-refractivity contribution is -0.127. The van der Waals surface area contributed by atoms with Crippen LogP contribution < -0.4 is 4.90 Å². The number of nitriles is 1. The number of benzene rings is 1. The largest absolute Gasteiger partial charge is 0.355 e. The molecule has 5 heterocycles. The van der Waals surface area contributed by atoms with E-state index in [2.05, 4.69) is 51.0 Å². The molecule has 2 saturated heterocycles. The fourth-order valence-electron chi connectivity index (χ4n) is 6.02. The number of likely N-dealkylation sites (tertiary alicyclic amines) is 1. The Bertz CT molecular complexity index is 1550. The second-order valence-electron chi connectivity index (χ2n) is 10.8. The normalized spacial score (nSPS) is 19.9. The molecule has 1 aromatic carbocycles. The molecule has 4 aromatic rings. The van der Waals surface area contributed by atoms with Crippen molar-refractivity contribution >= 4 is 44.2 Å². The highest BCUT2D eigenvalue weighted by atomic mass is 32.1. The summed E-state index contributed by atoms with van der Waals surface area (Å²) in [5.74, 6) is 1.10. The smallest absolute Gasteiger partial charge is 0.227 e. The van der Waals surface area contributed by atoms with Crippen LogP contribution in [0.3, 0.4) is 0 Å². The molecule has 0 saturated carbocycles. The van der Waals surface area contributed by atoms with Gasteiger partial charge in [-0.3, -0.25) is 9.69 Å². The first-order chi connectivity index (χ1) is 17.8. The van der Waals surface area contributed by atoms with Crippen LogP contribution in [-0.4, -0.2) is 70.9 Å². The Morgan fingerprint density at radius 1 is 1.19 bits per heavy atom. The molecule has 2 aliphatic heterocycles. The monoisotopic (exact) mass is 513 g/mol. The standard InChI is InChI=1S/C28H31N7OS/c1-18-19(4-5-24-22(18)10-20(13-29)32-24)14-34-8-6-28(15-34)7-9-35(16-28)26-23-11-21(12-25(36)33(2)3)37-27(23)31-17-30-26/h4-5,10-11,17,32H,6-9,12,14-16H2,1-3H3. The predicted molar refractivity (Wildman–Crippen MR) is 147 cm³/mol. The van der Waals surface area contributed by atoms with Gasteiger partial charge in [0.15, 0.2) is 0 Å². The van der Waals surface area contributed by atoms with Gasteiger partial charge in [0.05, 0.1) is 11.8 Å². The van der Waals surface area contributed by atoms with Crippen LogP contribution >= 0.6 is 11.3 Å². The topological polar surface area (TPSA) is 92.2 Å². The average Bonchev–Trinajstić information content (AvgIpc) is 3.67. The van der Waals surface area contributed by atoms with E-state index in [1.165, 1.54) is 17.5 Å². The summed E-state index contributed by atoms with van der Waals surface area (Å²) in [6.45, 7) is 7.26. The molecular weight excluding hydrogens is 482 g/mol. The Hall–Kier alpha value is -3.48. The van der Waals surface area contributed by atoms with Crippen LogP contribution in [0.15, 0.2) is 30.6 Å². The number of H-pyrrole nitrogens is 1. The molecule has 1 N–H and O–H groups in total. The van der Waals surface area contributed by atoms with Crippen molar-refractivity contribution in [1.82, 2.24) is 24.8 Å². The first-order valence-corrected chi connectivity index (χ1v) is 13.6. The van der Waals surface area contributed by atoms with Crippen LogP contribution in [0.25, 0.3) is 21.1 Å². The van der Waals surface area contributed by atoms with Crippen molar-refractivity contribution in [2.75, 3.05) is 45.2 Å². The third-order valence-corrected chi connectivity index (χ3v) is 9.18. The minimum Gasteiger partial charge on any atom is -0.355 e. The molecule has 0 bridgehead atoms. The number of hydrogen-bond donors (Lipinski definition) is 1. The number of nitrogens with one attached hydrogen (secondary N) is 1. The fourth-order valence-corrected chi connectivity index (χ4v) is 7.00. The van der Waals surface area contributed by atoms with Gasteiger partial charge >= 0.3 is 0 Å². The lowest BCUT2D eigenvalue weighted by Crippen LogP contribution is -2.31. The molecule has 190 valence electrons. The number of aryl methyl sites for hydroxylation is 1. The van der Waals surface area contributed by atoms with Crippen molar-refractivity contribution in [2.45, 2.75) is 32.7 Å². The van der Waals surface area contributed by atoms with Crippen LogP contribution in [0.5, 0.6) is 0 Å². The number of anilines is 1. The summed E-state index contributed by atoms with van der Waals surface area (Å²) >= 11 is 1.59. The fraction of sp³-hybridized carbons (Fsp3) is 0.429. The molecule has 9 heteroatoms. The lowest BCUT2D eigenvalue weighted by atomic mass is 9.86. The van der Waals surface area contributed by atoms with Gasteiger partial charge in [-0.1, -0.05) is 6.07 Å². The van der Waals surface area contributed by atoms with Gasteiger partial charge in [-0.2, -0.15) is 5.26 Å². The number of carbonyl (C=O) groups excluding carboxylic acids is 1. The Labute approximate surface area is 220 Å². The van der Waals surface area contributed by atoms with Gasteiger partial charge in [-0.05, 0) is 55.6 Å². The van der Waals surface area contributed by atoms with Gasteiger partial charge in [0, 0.05) is 61.5 Å². The van der Waals surface area contributed by atoms with Crippen LogP contribution in [0.4, 0.5) is 5.82 Å². The Kier molecular flexibility index (Phi) is 5.89. The zero-order valence-corrected chi connectivity index (χ0v) is 22.4. The number of amides is 1. The molecule has 1 spiro atoms. The van der Waals surface area contributed by atoms with E-state index in [4.69, 9.17) is 4.98 Å². The minimum absolute atomic E-state index is 0.101. The molecule has 0 aliphatic carbocycles. The van der Waals surface area contributed by atoms with E-state index in [-0.39, 0.29) is 11.3 Å². The molecule has 8 nitrogen and oxygen atoms in total. The molecule has 2 fully saturated rings. The molecule has 6 rings (SSSR count). The van der Waals surface area contributed by atoms with Crippen molar-refractivity contribution < 1.29 is 4.79 Å². The maximum absolute atomic E-state index is 12.2. The number of likely N-dealkylation sites (N-methyl/N-ethyl adjacent to an activating group) is 1. The van der Waals surface area contributed by atoms with Crippen molar-refractivity contribution in [1.29, 1.82) is 5.26 Å². The van der Waals surface area contributed by atoms with Crippen molar-refractivity contribution in [3.8, 4) is 6.07 Å². The minimum atomic E-state index is 0.101. The SMILES string of the molecule is Cc1c(CN2CCC3(CCN(c4ncnc5sc(CC(=O)N(C)C)cc45)C3)C2)ccc2[nH]c(C#N)cc12. The lowest BCUT2D eigenvalue weighted by Gasteiger charge is -2.25. The molecule has 1 unspecified atom stereocenters. The zero-order chi connectivity index (χ0) is 25.7. The van der Waals surface area contributed by atoms with Crippen molar-refractivity contribution in [3.63, 3.8) is 0 Å². The second kappa shape index (κ2) is 9.12. The van der Waals surface area contributed by atoms with Crippen LogP contribution in [0, 0.1) is 23.7 Å². The molecule has 2 aliphatic rings. The quantitative estimate of drug-likeness (QED) is 0.432. The maximum Gasteiger partial charge on any atom is 0.227 e. The molecule has 1 amide bonds. The van der Waals surface area contributed by atoms with E-state index in [9.17, 15) is 10.1 Å². The number of hydrogen-bond acceptors (Lipinski definition) is 7. The molecule has 37 heavy (non-hydrogen) atoms. The van der Waals surface area contributed by atoms with Gasteiger partial charge in [0.2, 0.25) is 5.91 Å². The summed E-state index contributed by atoms with van der Waals surface area (Å²) in [7, 11) is 3.58. The summed E-state index contributed by atoms with van der Waals surface area (Å²) in [6.07, 6.45) is 4.41. The Balaban J connectivity index is 1.17. The predicted octanol–water partition coefficient (Wildman–Crippen LogP) is 4.09. The molecular formula is C28H31N7OS. The van der Waals surface area contributed by atoms with Crippen LogP contribution in [0.1, 0.15) is 34.5 Å². The Morgan fingerprint density at radius 2 is 2.03 bits per heavy atom. The summed E-state index contributed by atoms with van der Waals surface area (Å²) in [5.41, 5.74) is 4.51. The van der Waals surface area contributed by atoms with E-state index in [1.54, 1.807) is 36.7 Å². The van der Waals surface area contributed by atoms with Crippen molar-refractivity contribution in [2.24, 2.45) is 5.41 Å². The van der Waals surface area contributed by atoms with E-state index in [0.29, 0.717) is 12.1 Å². The maximum atomic E-state index is 12.2. The summed E-state index contributed by atoms with van der Waals surface area (Å²) in [6, 6.07) is 10.6. The van der Waals surface area contributed by atoms with Crippen molar-refractivity contribution in [3.05, 3.63) is 52.3 Å². The average molecular weight is 514 g/mol. The van der Waals surface area contributed by atoms with Crippen LogP contribution in [-0.2, 0) is 17.8 Å². The highest BCUT2D eigenvalue weighted by molar-refractivity contribution is 7.18. The first-order valence-electron chi connectivity index (χ1n) is 12.8. The highest BCUT2D eigenvalue weighted by Gasteiger charge is 2.44. The van der Waals surface area contributed by atoms with E-state index < -0.39 is 0 Å². The van der Waals surface area contributed by atoms with Gasteiger partial charge in [-0.15, -0.1) is 11.3 Å². The van der Waals surface area contributed by atoms with Gasteiger partial charge in [0.1, 0.15) is 28.7 Å². The second-order valence-corrected chi connectivity index (χ2v) is 11.9. The van der Waals surface area contributed by atoms with Crippen LogP contribution in [0.2, 0.25) is 0 Å². The zero-order valence-electron chi connectivity index (χ0n) is 21.5. The van der Waals surface area contributed by atoms with Gasteiger partial charge < -0.3 is 14.8 Å². The van der Waals surface area contributed by atoms with Gasteiger partial charge in [0.25, 0.3) is 0 Å². The number of carbonyl (C=O) groups is 1. The number of thiophene rings is 1. The summed E-state index contributed by atoms with van der Waals surface area (Å²) in [5, 5.41) is 11.5. The third-order valence-electron chi connectivity index (χ3n) is 8.14. The number of aromatic nitrogens is 3. The molecule has 0 radical (unpaired) electrons. The number of nitrogens with zero attached hydrogens (tertiary/aromatic N) is 6.